The Hall–Kier alpha value is -2.45. The van der Waals surface area contributed by atoms with E-state index < -0.39 is 0 Å². The zero-order valence-electron chi connectivity index (χ0n) is 19.0. The van der Waals surface area contributed by atoms with Gasteiger partial charge in [0.15, 0.2) is 0 Å². The van der Waals surface area contributed by atoms with E-state index in [2.05, 4.69) is 22.1 Å². The molecule has 32 heavy (non-hydrogen) atoms. The average Bonchev–Trinajstić information content (AvgIpc) is 3.42. The number of carbonyl (C=O) groups excluding carboxylic acids is 1. The first kappa shape index (κ1) is 21.4. The number of amides is 1. The van der Waals surface area contributed by atoms with E-state index in [1.807, 2.05) is 29.2 Å². The molecule has 0 saturated carbocycles. The standard InChI is InChI=1S/C24H32N4O4/c1-27-14-24(13-20(27)23-26-25-22(32-23)18-9-11-31-12-10-18)15-28(16-24)21(29)8-5-17-3-6-19(30-2)7-4-17/h3-4,6-7,18,20H,5,8-16H2,1-2H3. The van der Waals surface area contributed by atoms with Crippen molar-refractivity contribution in [1.82, 2.24) is 20.0 Å². The molecule has 4 heterocycles. The topological polar surface area (TPSA) is 80.9 Å². The molecule has 172 valence electrons. The summed E-state index contributed by atoms with van der Waals surface area (Å²) in [7, 11) is 3.78. The fraction of sp³-hybridized carbons (Fsp3) is 0.625. The van der Waals surface area contributed by atoms with E-state index in [0.29, 0.717) is 12.3 Å². The van der Waals surface area contributed by atoms with Gasteiger partial charge in [0, 0.05) is 50.6 Å². The first-order chi connectivity index (χ1) is 15.5. The van der Waals surface area contributed by atoms with E-state index in [1.54, 1.807) is 7.11 Å². The van der Waals surface area contributed by atoms with Crippen molar-refractivity contribution >= 4 is 5.91 Å². The quantitative estimate of drug-likeness (QED) is 0.683. The minimum absolute atomic E-state index is 0.132. The van der Waals surface area contributed by atoms with Gasteiger partial charge in [0.1, 0.15) is 5.75 Å². The van der Waals surface area contributed by atoms with Crippen molar-refractivity contribution in [2.24, 2.45) is 5.41 Å². The van der Waals surface area contributed by atoms with Crippen LogP contribution in [0.3, 0.4) is 0 Å². The van der Waals surface area contributed by atoms with Gasteiger partial charge in [0.2, 0.25) is 17.7 Å². The fourth-order valence-corrected chi connectivity index (χ4v) is 5.41. The fourth-order valence-electron chi connectivity index (χ4n) is 5.41. The highest BCUT2D eigenvalue weighted by Crippen LogP contribution is 2.47. The maximum atomic E-state index is 12.7. The Morgan fingerprint density at radius 1 is 1.12 bits per heavy atom. The van der Waals surface area contributed by atoms with Crippen molar-refractivity contribution in [2.75, 3.05) is 47.0 Å². The molecular formula is C24H32N4O4. The van der Waals surface area contributed by atoms with E-state index in [9.17, 15) is 4.79 Å². The molecule has 1 aromatic heterocycles. The molecular weight excluding hydrogens is 408 g/mol. The average molecular weight is 441 g/mol. The normalized spacial score (nSPS) is 23.4. The molecule has 1 unspecified atom stereocenters. The molecule has 3 aliphatic heterocycles. The molecule has 8 heteroatoms. The Morgan fingerprint density at radius 2 is 1.84 bits per heavy atom. The molecule has 8 nitrogen and oxygen atoms in total. The number of aryl methyl sites for hydroxylation is 1. The third kappa shape index (κ3) is 4.26. The summed E-state index contributed by atoms with van der Waals surface area (Å²) in [6.07, 6.45) is 4.14. The van der Waals surface area contributed by atoms with E-state index in [-0.39, 0.29) is 17.4 Å². The van der Waals surface area contributed by atoms with E-state index >= 15 is 0 Å². The van der Waals surface area contributed by atoms with Crippen LogP contribution in [0.4, 0.5) is 0 Å². The summed E-state index contributed by atoms with van der Waals surface area (Å²) in [6.45, 7) is 4.11. The molecule has 0 bridgehead atoms. The lowest BCUT2D eigenvalue weighted by molar-refractivity contribution is -0.142. The van der Waals surface area contributed by atoms with Crippen LogP contribution >= 0.6 is 0 Å². The minimum atomic E-state index is 0.132. The van der Waals surface area contributed by atoms with E-state index in [0.717, 1.165) is 81.6 Å². The SMILES string of the molecule is COc1ccc(CCC(=O)N2CC3(CC(c4nnc(C5CCOCC5)o4)N(C)C3)C2)cc1. The molecule has 1 aromatic carbocycles. The summed E-state index contributed by atoms with van der Waals surface area (Å²) in [4.78, 5) is 17.0. The molecule has 2 aromatic rings. The molecule has 1 amide bonds. The summed E-state index contributed by atoms with van der Waals surface area (Å²) >= 11 is 0. The van der Waals surface area contributed by atoms with Gasteiger partial charge in [0.25, 0.3) is 0 Å². The maximum Gasteiger partial charge on any atom is 0.233 e. The van der Waals surface area contributed by atoms with Gasteiger partial charge in [-0.15, -0.1) is 10.2 Å². The third-order valence-corrected chi connectivity index (χ3v) is 7.25. The largest absolute Gasteiger partial charge is 0.497 e. The van der Waals surface area contributed by atoms with E-state index in [1.165, 1.54) is 0 Å². The number of nitrogens with zero attached hydrogens (tertiary/aromatic N) is 4. The highest BCUT2D eigenvalue weighted by atomic mass is 16.5. The molecule has 1 spiro atoms. The molecule has 0 N–H and O–H groups in total. The second-order valence-electron chi connectivity index (χ2n) is 9.60. The first-order valence-electron chi connectivity index (χ1n) is 11.6. The minimum Gasteiger partial charge on any atom is -0.497 e. The van der Waals surface area contributed by atoms with Crippen LogP contribution in [0.25, 0.3) is 0 Å². The number of benzene rings is 1. The van der Waals surface area contributed by atoms with Gasteiger partial charge in [-0.1, -0.05) is 12.1 Å². The number of methoxy groups -OCH3 is 1. The number of ether oxygens (including phenoxy) is 2. The van der Waals surface area contributed by atoms with Crippen LogP contribution in [0.5, 0.6) is 5.75 Å². The van der Waals surface area contributed by atoms with Gasteiger partial charge < -0.3 is 18.8 Å². The Balaban J connectivity index is 1.13. The number of likely N-dealkylation sites (tertiary alicyclic amines) is 2. The molecule has 3 aliphatic rings. The van der Waals surface area contributed by atoms with Gasteiger partial charge in [-0.25, -0.2) is 0 Å². The van der Waals surface area contributed by atoms with Crippen LogP contribution in [0.1, 0.15) is 55.0 Å². The lowest BCUT2D eigenvalue weighted by Crippen LogP contribution is -2.59. The van der Waals surface area contributed by atoms with Crippen molar-refractivity contribution in [3.63, 3.8) is 0 Å². The predicted molar refractivity (Wildman–Crippen MR) is 117 cm³/mol. The Labute approximate surface area is 188 Å². The highest BCUT2D eigenvalue weighted by molar-refractivity contribution is 5.77. The number of carbonyl (C=O) groups is 1. The number of hydrogen-bond donors (Lipinski definition) is 0. The summed E-state index contributed by atoms with van der Waals surface area (Å²) in [5, 5.41) is 8.73. The van der Waals surface area contributed by atoms with Crippen LogP contribution in [0.15, 0.2) is 28.7 Å². The zero-order valence-corrected chi connectivity index (χ0v) is 19.0. The number of hydrogen-bond acceptors (Lipinski definition) is 7. The number of aromatic nitrogens is 2. The van der Waals surface area contributed by atoms with Gasteiger partial charge in [-0.2, -0.15) is 0 Å². The van der Waals surface area contributed by atoms with Crippen LogP contribution in [-0.4, -0.2) is 72.9 Å². The molecule has 5 rings (SSSR count). The second kappa shape index (κ2) is 8.83. The molecule has 0 radical (unpaired) electrons. The molecule has 1 atom stereocenters. The maximum absolute atomic E-state index is 12.7. The monoisotopic (exact) mass is 440 g/mol. The Bertz CT molecular complexity index is 932. The van der Waals surface area contributed by atoms with Crippen molar-refractivity contribution in [3.8, 4) is 5.75 Å². The summed E-state index contributed by atoms with van der Waals surface area (Å²) in [5.41, 5.74) is 1.30. The Morgan fingerprint density at radius 3 is 2.56 bits per heavy atom. The van der Waals surface area contributed by atoms with Gasteiger partial charge in [0.05, 0.1) is 13.2 Å². The highest BCUT2D eigenvalue weighted by Gasteiger charge is 2.53. The number of rotatable bonds is 6. The first-order valence-corrected chi connectivity index (χ1v) is 11.6. The van der Waals surface area contributed by atoms with Crippen LogP contribution in [0.2, 0.25) is 0 Å². The molecule has 0 aliphatic carbocycles. The smallest absolute Gasteiger partial charge is 0.233 e. The molecule has 3 saturated heterocycles. The lowest BCUT2D eigenvalue weighted by Gasteiger charge is -2.48. The Kier molecular flexibility index (Phi) is 5.90. The van der Waals surface area contributed by atoms with E-state index in [4.69, 9.17) is 13.9 Å². The van der Waals surface area contributed by atoms with Crippen molar-refractivity contribution < 1.29 is 18.7 Å². The van der Waals surface area contributed by atoms with Gasteiger partial charge >= 0.3 is 0 Å². The summed E-state index contributed by atoms with van der Waals surface area (Å²) < 4.78 is 16.7. The van der Waals surface area contributed by atoms with Crippen molar-refractivity contribution in [1.29, 1.82) is 0 Å². The van der Waals surface area contributed by atoms with Crippen LogP contribution in [0, 0.1) is 5.41 Å². The summed E-state index contributed by atoms with van der Waals surface area (Å²) in [5.74, 6) is 2.85. The van der Waals surface area contributed by atoms with Crippen molar-refractivity contribution in [2.45, 2.75) is 44.1 Å². The zero-order chi connectivity index (χ0) is 22.1. The second-order valence-corrected chi connectivity index (χ2v) is 9.60. The van der Waals surface area contributed by atoms with Gasteiger partial charge in [-0.3, -0.25) is 9.69 Å². The molecule has 3 fully saturated rings. The lowest BCUT2D eigenvalue weighted by atomic mass is 9.77. The van der Waals surface area contributed by atoms with Crippen LogP contribution in [-0.2, 0) is 16.0 Å². The van der Waals surface area contributed by atoms with Crippen LogP contribution < -0.4 is 4.74 Å². The van der Waals surface area contributed by atoms with Crippen molar-refractivity contribution in [3.05, 3.63) is 41.6 Å². The van der Waals surface area contributed by atoms with Gasteiger partial charge in [-0.05, 0) is 50.4 Å². The third-order valence-electron chi connectivity index (χ3n) is 7.25. The predicted octanol–water partition coefficient (Wildman–Crippen LogP) is 2.81. The summed E-state index contributed by atoms with van der Waals surface area (Å²) in [6, 6.07) is 8.07.